The Kier molecular flexibility index (Phi) is 14.2. The number of hydrogen-bond donors (Lipinski definition) is 1. The van der Waals surface area contributed by atoms with E-state index in [-0.39, 0.29) is 6.61 Å². The van der Waals surface area contributed by atoms with Gasteiger partial charge in [0.15, 0.2) is 0 Å². The molecule has 0 aromatic heterocycles. The minimum absolute atomic E-state index is 0.0569. The van der Waals surface area contributed by atoms with Crippen LogP contribution in [0.2, 0.25) is 0 Å². The van der Waals surface area contributed by atoms with Crippen molar-refractivity contribution >= 4 is 22.7 Å². The van der Waals surface area contributed by atoms with Gasteiger partial charge in [-0.1, -0.05) is 0 Å². The van der Waals surface area contributed by atoms with E-state index in [1.54, 1.807) is 0 Å². The van der Waals surface area contributed by atoms with Gasteiger partial charge < -0.3 is 5.11 Å². The maximum atomic E-state index is 8.39. The molecule has 86 valence electrons. The van der Waals surface area contributed by atoms with E-state index in [9.17, 15) is 0 Å². The van der Waals surface area contributed by atoms with E-state index in [0.29, 0.717) is 46.2 Å². The van der Waals surface area contributed by atoms with Gasteiger partial charge in [-0.05, 0) is 0 Å². The summed E-state index contributed by atoms with van der Waals surface area (Å²) in [6, 6.07) is 0. The Morgan fingerprint density at radius 3 is 1.57 bits per heavy atom. The second-order valence-corrected chi connectivity index (χ2v) is 3.13. The summed E-state index contributed by atoms with van der Waals surface area (Å²) >= 11 is 1.32. The molecule has 0 rings (SSSR count). The predicted octanol–water partition coefficient (Wildman–Crippen LogP) is -1.14. The van der Waals surface area contributed by atoms with Crippen LogP contribution in [0.15, 0.2) is 0 Å². The maximum absolute atomic E-state index is 8.39. The first-order chi connectivity index (χ1) is 6.91. The summed E-state index contributed by atoms with van der Waals surface area (Å²) in [5.74, 6) is 0. The minimum atomic E-state index is 0.0569. The summed E-state index contributed by atoms with van der Waals surface area (Å²) in [6.07, 6.45) is 0. The van der Waals surface area contributed by atoms with E-state index in [2.05, 4.69) is 0 Å². The Bertz CT molecular complexity index is 91.7. The van der Waals surface area contributed by atoms with Gasteiger partial charge in [0, 0.05) is 0 Å². The van der Waals surface area contributed by atoms with Crippen molar-refractivity contribution in [2.75, 3.05) is 52.9 Å². The first kappa shape index (κ1) is 14.6. The van der Waals surface area contributed by atoms with E-state index in [0.717, 1.165) is 0 Å². The summed E-state index contributed by atoms with van der Waals surface area (Å²) in [5.41, 5.74) is 0. The van der Waals surface area contributed by atoms with Crippen LogP contribution >= 0.6 is 0 Å². The third kappa shape index (κ3) is 12.6. The number of hydrogen-bond acceptors (Lipinski definition) is 5. The third-order valence-electron chi connectivity index (χ3n) is 1.30. The van der Waals surface area contributed by atoms with Gasteiger partial charge in [0.05, 0.1) is 0 Å². The van der Waals surface area contributed by atoms with Gasteiger partial charge in [-0.3, -0.25) is 0 Å². The Morgan fingerprint density at radius 2 is 1.14 bits per heavy atom. The van der Waals surface area contributed by atoms with Crippen LogP contribution in [-0.4, -0.2) is 80.7 Å². The van der Waals surface area contributed by atoms with Gasteiger partial charge in [0.25, 0.3) is 0 Å². The Balaban J connectivity index is 2.78. The molecule has 0 atom stereocenters. The molecule has 0 bridgehead atoms. The fourth-order valence-corrected chi connectivity index (χ4v) is 0.915. The van der Waals surface area contributed by atoms with E-state index < -0.39 is 0 Å². The van der Waals surface area contributed by atoms with Crippen molar-refractivity contribution in [3.05, 3.63) is 0 Å². The summed E-state index contributed by atoms with van der Waals surface area (Å²) < 4.78 is 20.2. The molecule has 0 aliphatic rings. The molecule has 14 heavy (non-hydrogen) atoms. The van der Waals surface area contributed by atoms with E-state index in [1.165, 1.54) is 22.7 Å². The zero-order valence-corrected chi connectivity index (χ0v) is 10.7. The zero-order chi connectivity index (χ0) is 10.5. The third-order valence-corrected chi connectivity index (χ3v) is 1.82. The Morgan fingerprint density at radius 1 is 0.714 bits per heavy atom. The second-order valence-electron chi connectivity index (χ2n) is 2.39. The molecular formula is C8H18O5Te. The number of rotatable bonds is 11. The zero-order valence-electron chi connectivity index (χ0n) is 8.18. The SMILES string of the molecule is OCCOCCOCCOCCO[TeH]. The average Bonchev–Trinajstić information content (AvgIpc) is 2.21. The first-order valence-corrected chi connectivity index (χ1v) is 5.56. The van der Waals surface area contributed by atoms with Crippen molar-refractivity contribution in [1.82, 2.24) is 0 Å². The summed E-state index contributed by atoms with van der Waals surface area (Å²) in [5, 5.41) is 8.39. The molecule has 0 amide bonds. The van der Waals surface area contributed by atoms with Crippen LogP contribution in [-0.2, 0) is 17.3 Å². The molecule has 0 aromatic carbocycles. The molecule has 0 unspecified atom stereocenters. The van der Waals surface area contributed by atoms with Gasteiger partial charge in [0.2, 0.25) is 0 Å². The molecule has 5 nitrogen and oxygen atoms in total. The van der Waals surface area contributed by atoms with E-state index in [4.69, 9.17) is 22.4 Å². The van der Waals surface area contributed by atoms with Crippen LogP contribution in [0.5, 0.6) is 0 Å². The summed E-state index contributed by atoms with van der Waals surface area (Å²) in [7, 11) is 0. The molecule has 0 radical (unpaired) electrons. The molecule has 1 N–H and O–H groups in total. The van der Waals surface area contributed by atoms with Crippen LogP contribution in [0.25, 0.3) is 0 Å². The molecule has 0 heterocycles. The molecule has 0 aromatic rings. The first-order valence-electron chi connectivity index (χ1n) is 4.52. The van der Waals surface area contributed by atoms with Crippen molar-refractivity contribution in [3.63, 3.8) is 0 Å². The van der Waals surface area contributed by atoms with Crippen molar-refractivity contribution in [2.45, 2.75) is 0 Å². The fourth-order valence-electron chi connectivity index (χ4n) is 0.703. The Labute approximate surface area is 98.1 Å². The summed E-state index contributed by atoms with van der Waals surface area (Å²) in [6.45, 7) is 3.87. The molecule has 0 saturated carbocycles. The second kappa shape index (κ2) is 13.6. The van der Waals surface area contributed by atoms with Crippen molar-refractivity contribution in [1.29, 1.82) is 0 Å². The molecular weight excluding hydrogens is 304 g/mol. The topological polar surface area (TPSA) is 57.2 Å². The van der Waals surface area contributed by atoms with Crippen LogP contribution in [0, 0.1) is 0 Å². The quantitative estimate of drug-likeness (QED) is 0.385. The average molecular weight is 322 g/mol. The molecule has 0 saturated heterocycles. The number of ether oxygens (including phenoxy) is 3. The summed E-state index contributed by atoms with van der Waals surface area (Å²) in [4.78, 5) is 0. The molecule has 0 spiro atoms. The number of aliphatic hydroxyl groups excluding tert-OH is 1. The standard InChI is InChI=1S/C8H18O5Te/c9-1-2-10-3-4-11-5-6-12-7-8-13-14/h9,14H,1-8H2. The molecule has 0 aliphatic heterocycles. The van der Waals surface area contributed by atoms with Gasteiger partial charge >= 0.3 is 92.9 Å². The number of aliphatic hydroxyl groups is 1. The fraction of sp³-hybridized carbons (Fsp3) is 1.00. The van der Waals surface area contributed by atoms with Crippen LogP contribution in [0.3, 0.4) is 0 Å². The van der Waals surface area contributed by atoms with Crippen molar-refractivity contribution in [2.24, 2.45) is 0 Å². The van der Waals surface area contributed by atoms with Crippen LogP contribution in [0.4, 0.5) is 0 Å². The predicted molar refractivity (Wildman–Crippen MR) is 52.6 cm³/mol. The van der Waals surface area contributed by atoms with Crippen molar-refractivity contribution in [3.8, 4) is 0 Å². The van der Waals surface area contributed by atoms with E-state index >= 15 is 0 Å². The van der Waals surface area contributed by atoms with Crippen LogP contribution in [0.1, 0.15) is 0 Å². The molecule has 0 aliphatic carbocycles. The van der Waals surface area contributed by atoms with Crippen LogP contribution < -0.4 is 0 Å². The van der Waals surface area contributed by atoms with E-state index in [1.807, 2.05) is 0 Å². The normalized spacial score (nSPS) is 10.7. The van der Waals surface area contributed by atoms with Gasteiger partial charge in [-0.2, -0.15) is 0 Å². The van der Waals surface area contributed by atoms with Gasteiger partial charge in [-0.25, -0.2) is 0 Å². The molecule has 0 fully saturated rings. The monoisotopic (exact) mass is 324 g/mol. The van der Waals surface area contributed by atoms with Gasteiger partial charge in [0.1, 0.15) is 0 Å². The van der Waals surface area contributed by atoms with Crippen molar-refractivity contribution < 1.29 is 22.4 Å². The Hall–Kier alpha value is 0.590. The van der Waals surface area contributed by atoms with Gasteiger partial charge in [-0.15, -0.1) is 0 Å². The molecule has 6 heteroatoms.